The van der Waals surface area contributed by atoms with E-state index in [1.54, 1.807) is 0 Å². The van der Waals surface area contributed by atoms with Gasteiger partial charge in [0.2, 0.25) is 0 Å². The summed E-state index contributed by atoms with van der Waals surface area (Å²) in [5, 5.41) is 0. The zero-order chi connectivity index (χ0) is 12.5. The molecule has 2 N–H and O–H groups in total. The predicted octanol–water partition coefficient (Wildman–Crippen LogP) is 1.54. The lowest BCUT2D eigenvalue weighted by Gasteiger charge is -2.12. The molecule has 1 aromatic heterocycles. The van der Waals surface area contributed by atoms with E-state index in [0.717, 1.165) is 13.3 Å². The topological polar surface area (TPSA) is 82.3 Å². The van der Waals surface area contributed by atoms with Crippen molar-refractivity contribution in [2.75, 3.05) is 12.8 Å². The summed E-state index contributed by atoms with van der Waals surface area (Å²) in [6.45, 7) is 0. The molecule has 0 amide bonds. The van der Waals surface area contributed by atoms with Gasteiger partial charge in [-0.25, -0.2) is 22.2 Å². The molecule has 0 aliphatic rings. The highest BCUT2D eigenvalue weighted by molar-refractivity contribution is 8.13. The molecule has 0 spiro atoms. The number of nitrogen functional groups attached to an aromatic ring is 1. The van der Waals surface area contributed by atoms with Crippen LogP contribution in [0.25, 0.3) is 0 Å². The van der Waals surface area contributed by atoms with Gasteiger partial charge in [-0.15, -0.1) is 0 Å². The van der Waals surface area contributed by atoms with E-state index in [9.17, 15) is 17.2 Å². The van der Waals surface area contributed by atoms with Gasteiger partial charge < -0.3 is 10.5 Å². The van der Waals surface area contributed by atoms with Gasteiger partial charge in [0, 0.05) is 10.7 Å². The molecule has 0 bridgehead atoms. The van der Waals surface area contributed by atoms with Gasteiger partial charge in [-0.2, -0.15) is 0 Å². The molecule has 0 aliphatic heterocycles. The molecule has 0 atom stereocenters. The third kappa shape index (κ3) is 2.33. The number of ether oxygens (including phenoxy) is 1. The first-order valence-corrected chi connectivity index (χ1v) is 6.15. The molecular formula is C7H7ClF2N2O3S. The summed E-state index contributed by atoms with van der Waals surface area (Å²) in [7, 11) is 1.69. The quantitative estimate of drug-likeness (QED) is 0.844. The second-order valence-corrected chi connectivity index (χ2v) is 5.20. The molecule has 16 heavy (non-hydrogen) atoms. The average molecular weight is 273 g/mol. The minimum absolute atomic E-state index is 0.386. The summed E-state index contributed by atoms with van der Waals surface area (Å²) >= 11 is 0. The van der Waals surface area contributed by atoms with Crippen LogP contribution < -0.4 is 10.5 Å². The van der Waals surface area contributed by atoms with Gasteiger partial charge in [-0.1, -0.05) is 0 Å². The van der Waals surface area contributed by atoms with Crippen molar-refractivity contribution in [2.45, 2.75) is 11.3 Å². The van der Waals surface area contributed by atoms with Gasteiger partial charge in [0.1, 0.15) is 16.5 Å². The van der Waals surface area contributed by atoms with E-state index in [1.807, 2.05) is 0 Å². The van der Waals surface area contributed by atoms with Gasteiger partial charge in [0.15, 0.2) is 0 Å². The summed E-state index contributed by atoms with van der Waals surface area (Å²) in [6, 6.07) is 0. The second-order valence-electron chi connectivity index (χ2n) is 2.69. The minimum atomic E-state index is -4.42. The van der Waals surface area contributed by atoms with E-state index in [-0.39, 0.29) is 5.75 Å². The Hall–Kier alpha value is -1.15. The lowest BCUT2D eigenvalue weighted by molar-refractivity contribution is 0.143. The Morgan fingerprint density at radius 3 is 2.50 bits per heavy atom. The van der Waals surface area contributed by atoms with E-state index in [1.165, 1.54) is 0 Å². The molecule has 1 heterocycles. The molecule has 0 saturated carbocycles. The molecule has 0 aromatic carbocycles. The van der Waals surface area contributed by atoms with Gasteiger partial charge in [-0.05, 0) is 0 Å². The smallest absolute Gasteiger partial charge is 0.268 e. The van der Waals surface area contributed by atoms with Crippen molar-refractivity contribution in [1.29, 1.82) is 0 Å². The summed E-state index contributed by atoms with van der Waals surface area (Å²) in [6.07, 6.45) is -2.19. The van der Waals surface area contributed by atoms with E-state index >= 15 is 0 Å². The van der Waals surface area contributed by atoms with Crippen molar-refractivity contribution < 1.29 is 21.9 Å². The summed E-state index contributed by atoms with van der Waals surface area (Å²) < 4.78 is 52.2. The fraction of sp³-hybridized carbons (Fsp3) is 0.286. The lowest BCUT2D eigenvalue weighted by atomic mass is 10.2. The van der Waals surface area contributed by atoms with Crippen LogP contribution in [0.2, 0.25) is 0 Å². The van der Waals surface area contributed by atoms with Crippen LogP contribution in [0.3, 0.4) is 0 Å². The Bertz CT molecular complexity index is 507. The molecule has 0 radical (unpaired) electrons. The van der Waals surface area contributed by atoms with Crippen LogP contribution >= 0.6 is 10.7 Å². The molecule has 1 rings (SSSR count). The number of methoxy groups -OCH3 is 1. The predicted molar refractivity (Wildman–Crippen MR) is 53.2 cm³/mol. The van der Waals surface area contributed by atoms with Crippen LogP contribution in [-0.2, 0) is 9.05 Å². The van der Waals surface area contributed by atoms with Gasteiger partial charge in [-0.3, -0.25) is 0 Å². The maximum Gasteiger partial charge on any atom is 0.268 e. The molecule has 5 nitrogen and oxygen atoms in total. The SMILES string of the molecule is COc1cnc(N)c(S(=O)(=O)Cl)c1C(F)F. The maximum atomic E-state index is 12.7. The van der Waals surface area contributed by atoms with Crippen molar-refractivity contribution in [3.8, 4) is 5.75 Å². The van der Waals surface area contributed by atoms with Crippen molar-refractivity contribution in [3.05, 3.63) is 11.8 Å². The van der Waals surface area contributed by atoms with Crippen LogP contribution in [0.1, 0.15) is 12.0 Å². The molecule has 0 unspecified atom stereocenters. The first-order chi connectivity index (χ1) is 7.29. The Balaban J connectivity index is 3.69. The molecule has 9 heteroatoms. The maximum absolute atomic E-state index is 12.7. The van der Waals surface area contributed by atoms with E-state index in [2.05, 4.69) is 9.72 Å². The number of anilines is 1. The molecule has 0 aliphatic carbocycles. The lowest BCUT2D eigenvalue weighted by Crippen LogP contribution is -2.08. The average Bonchev–Trinajstić information content (AvgIpc) is 2.15. The highest BCUT2D eigenvalue weighted by Crippen LogP contribution is 2.38. The van der Waals surface area contributed by atoms with E-state index in [4.69, 9.17) is 16.4 Å². The summed E-state index contributed by atoms with van der Waals surface area (Å²) in [5.41, 5.74) is 4.32. The second kappa shape index (κ2) is 4.38. The molecule has 0 fully saturated rings. The standard InChI is InChI=1S/C7H7ClF2N2O3S/c1-15-3-2-12-7(11)5(16(8,13)14)4(3)6(9)10/h2,6H,1H3,(H2,11,12). The van der Waals surface area contributed by atoms with E-state index < -0.39 is 31.8 Å². The van der Waals surface area contributed by atoms with Crippen LogP contribution in [0.5, 0.6) is 5.75 Å². The minimum Gasteiger partial charge on any atom is -0.495 e. The molecular weight excluding hydrogens is 266 g/mol. The third-order valence-electron chi connectivity index (χ3n) is 1.75. The number of nitrogens with two attached hydrogens (primary N) is 1. The first kappa shape index (κ1) is 12.9. The van der Waals surface area contributed by atoms with Crippen molar-refractivity contribution in [2.24, 2.45) is 0 Å². The zero-order valence-corrected chi connectivity index (χ0v) is 9.52. The third-order valence-corrected chi connectivity index (χ3v) is 3.13. The Labute approximate surface area is 94.6 Å². The fourth-order valence-electron chi connectivity index (χ4n) is 1.13. The van der Waals surface area contributed by atoms with Gasteiger partial charge >= 0.3 is 0 Å². The van der Waals surface area contributed by atoms with Crippen molar-refractivity contribution >= 4 is 25.6 Å². The van der Waals surface area contributed by atoms with E-state index in [0.29, 0.717) is 0 Å². The normalized spacial score (nSPS) is 11.8. The number of pyridine rings is 1. The number of alkyl halides is 2. The number of hydrogen-bond donors (Lipinski definition) is 1. The fourth-order valence-corrected chi connectivity index (χ4v) is 2.37. The molecule has 0 saturated heterocycles. The Morgan fingerprint density at radius 1 is 1.56 bits per heavy atom. The largest absolute Gasteiger partial charge is 0.495 e. The number of rotatable bonds is 3. The molecule has 1 aromatic rings. The highest BCUT2D eigenvalue weighted by atomic mass is 35.7. The first-order valence-electron chi connectivity index (χ1n) is 3.84. The van der Waals surface area contributed by atoms with Crippen LogP contribution in [0, 0.1) is 0 Å². The number of hydrogen-bond acceptors (Lipinski definition) is 5. The van der Waals surface area contributed by atoms with Gasteiger partial charge in [0.25, 0.3) is 15.5 Å². The highest BCUT2D eigenvalue weighted by Gasteiger charge is 2.29. The Kier molecular flexibility index (Phi) is 3.54. The van der Waals surface area contributed by atoms with Crippen LogP contribution in [0.4, 0.5) is 14.6 Å². The summed E-state index contributed by atoms with van der Waals surface area (Å²) in [5.74, 6) is -0.977. The number of aromatic nitrogens is 1. The number of nitrogens with zero attached hydrogens (tertiary/aromatic N) is 1. The zero-order valence-electron chi connectivity index (χ0n) is 7.95. The van der Waals surface area contributed by atoms with Crippen LogP contribution in [0.15, 0.2) is 11.1 Å². The number of halogens is 3. The van der Waals surface area contributed by atoms with Gasteiger partial charge in [0.05, 0.1) is 18.9 Å². The van der Waals surface area contributed by atoms with Crippen LogP contribution in [-0.4, -0.2) is 20.5 Å². The summed E-state index contributed by atoms with van der Waals surface area (Å²) in [4.78, 5) is 2.50. The Morgan fingerprint density at radius 2 is 2.12 bits per heavy atom. The monoisotopic (exact) mass is 272 g/mol. The molecule has 90 valence electrons. The van der Waals surface area contributed by atoms with Crippen molar-refractivity contribution in [1.82, 2.24) is 4.98 Å². The van der Waals surface area contributed by atoms with Crippen molar-refractivity contribution in [3.63, 3.8) is 0 Å².